The summed E-state index contributed by atoms with van der Waals surface area (Å²) in [6.07, 6.45) is 4.29. The van der Waals surface area contributed by atoms with Crippen LogP contribution in [0.25, 0.3) is 5.57 Å². The molecule has 19 heavy (non-hydrogen) atoms. The fraction of sp³-hybridized carbons (Fsp3) is 0.154. The van der Waals surface area contributed by atoms with Gasteiger partial charge in [0, 0.05) is 18.6 Å². The standard InChI is InChI=1S/C13H11NO5/c15-12(16)13(17)7-1-2-10(8-13)9-3-5-11(6-4-9)14(18)19/h1-7,17H,8H2,(H,15,16). The molecule has 0 fully saturated rings. The SMILES string of the molecule is O=C(O)C1(O)C=CC=C(c2ccc([N+](=O)[O-])cc2)C1. The first-order valence-electron chi connectivity index (χ1n) is 5.51. The summed E-state index contributed by atoms with van der Waals surface area (Å²) < 4.78 is 0. The molecule has 1 aromatic rings. The van der Waals surface area contributed by atoms with Crippen molar-refractivity contribution in [3.63, 3.8) is 0 Å². The number of nitrogens with zero attached hydrogens (tertiary/aromatic N) is 1. The molecule has 6 nitrogen and oxygen atoms in total. The molecule has 0 aromatic heterocycles. The van der Waals surface area contributed by atoms with Crippen LogP contribution in [0.2, 0.25) is 0 Å². The summed E-state index contributed by atoms with van der Waals surface area (Å²) in [5, 5.41) is 29.4. The highest BCUT2D eigenvalue weighted by molar-refractivity contribution is 5.85. The first kappa shape index (κ1) is 13.0. The van der Waals surface area contributed by atoms with Crippen LogP contribution in [0.4, 0.5) is 5.69 Å². The predicted octanol–water partition coefficient (Wildman–Crippen LogP) is 1.75. The molecule has 0 bridgehead atoms. The van der Waals surface area contributed by atoms with Gasteiger partial charge in [-0.2, -0.15) is 0 Å². The Kier molecular flexibility index (Phi) is 3.18. The minimum Gasteiger partial charge on any atom is -0.479 e. The number of non-ortho nitro benzene ring substituents is 1. The van der Waals surface area contributed by atoms with Crippen molar-refractivity contribution in [1.29, 1.82) is 0 Å². The Hall–Kier alpha value is -2.47. The fourth-order valence-corrected chi connectivity index (χ4v) is 1.87. The predicted molar refractivity (Wildman–Crippen MR) is 67.4 cm³/mol. The molecule has 0 spiro atoms. The Morgan fingerprint density at radius 1 is 1.32 bits per heavy atom. The average Bonchev–Trinajstić information content (AvgIpc) is 2.39. The van der Waals surface area contributed by atoms with Crippen molar-refractivity contribution in [2.24, 2.45) is 0 Å². The fourth-order valence-electron chi connectivity index (χ4n) is 1.87. The van der Waals surface area contributed by atoms with Crippen LogP contribution in [0.15, 0.2) is 42.5 Å². The third-order valence-corrected chi connectivity index (χ3v) is 2.95. The number of hydrogen-bond acceptors (Lipinski definition) is 4. The lowest BCUT2D eigenvalue weighted by atomic mass is 9.86. The van der Waals surface area contributed by atoms with Gasteiger partial charge in [0.1, 0.15) is 0 Å². The van der Waals surface area contributed by atoms with Crippen LogP contribution in [0.5, 0.6) is 0 Å². The van der Waals surface area contributed by atoms with E-state index in [0.717, 1.165) is 0 Å². The van der Waals surface area contributed by atoms with E-state index in [1.165, 1.54) is 36.4 Å². The van der Waals surface area contributed by atoms with Crippen LogP contribution in [0.3, 0.4) is 0 Å². The van der Waals surface area contributed by atoms with Crippen molar-refractivity contribution >= 4 is 17.2 Å². The maximum atomic E-state index is 11.0. The van der Waals surface area contributed by atoms with Crippen molar-refractivity contribution in [3.8, 4) is 0 Å². The quantitative estimate of drug-likeness (QED) is 0.637. The van der Waals surface area contributed by atoms with Gasteiger partial charge < -0.3 is 10.2 Å². The monoisotopic (exact) mass is 261 g/mol. The second kappa shape index (κ2) is 4.66. The summed E-state index contributed by atoms with van der Waals surface area (Å²) in [6, 6.07) is 5.75. The molecule has 0 radical (unpaired) electrons. The smallest absolute Gasteiger partial charge is 0.340 e. The molecular weight excluding hydrogens is 250 g/mol. The number of carboxylic acid groups (broad SMARTS) is 1. The number of aliphatic hydroxyl groups is 1. The van der Waals surface area contributed by atoms with Gasteiger partial charge in [0.25, 0.3) is 5.69 Å². The van der Waals surface area contributed by atoms with Crippen LogP contribution in [-0.4, -0.2) is 26.7 Å². The lowest BCUT2D eigenvalue weighted by Crippen LogP contribution is -2.37. The van der Waals surface area contributed by atoms with E-state index in [1.54, 1.807) is 6.08 Å². The molecule has 2 rings (SSSR count). The van der Waals surface area contributed by atoms with Gasteiger partial charge in [0.2, 0.25) is 0 Å². The van der Waals surface area contributed by atoms with E-state index >= 15 is 0 Å². The molecule has 1 aliphatic rings. The Labute approximate surface area is 108 Å². The van der Waals surface area contributed by atoms with Crippen LogP contribution >= 0.6 is 0 Å². The number of allylic oxidation sites excluding steroid dienone is 2. The van der Waals surface area contributed by atoms with Crippen molar-refractivity contribution in [2.75, 3.05) is 0 Å². The van der Waals surface area contributed by atoms with Gasteiger partial charge in [0.05, 0.1) is 4.92 Å². The summed E-state index contributed by atoms with van der Waals surface area (Å²) in [4.78, 5) is 21.0. The van der Waals surface area contributed by atoms with Crippen LogP contribution in [0.1, 0.15) is 12.0 Å². The molecule has 0 aliphatic heterocycles. The van der Waals surface area contributed by atoms with E-state index in [4.69, 9.17) is 5.11 Å². The van der Waals surface area contributed by atoms with Gasteiger partial charge in [-0.3, -0.25) is 10.1 Å². The molecule has 1 unspecified atom stereocenters. The Balaban J connectivity index is 2.28. The van der Waals surface area contributed by atoms with E-state index in [2.05, 4.69) is 0 Å². The second-order valence-electron chi connectivity index (χ2n) is 4.26. The molecule has 1 atom stereocenters. The average molecular weight is 261 g/mol. The lowest BCUT2D eigenvalue weighted by molar-refractivity contribution is -0.384. The summed E-state index contributed by atoms with van der Waals surface area (Å²) in [7, 11) is 0. The Bertz CT molecular complexity index is 588. The summed E-state index contributed by atoms with van der Waals surface area (Å²) >= 11 is 0. The van der Waals surface area contributed by atoms with Gasteiger partial charge in [-0.15, -0.1) is 0 Å². The number of nitro benzene ring substituents is 1. The van der Waals surface area contributed by atoms with Gasteiger partial charge in [0.15, 0.2) is 5.60 Å². The summed E-state index contributed by atoms with van der Waals surface area (Å²) in [6.45, 7) is 0. The van der Waals surface area contributed by atoms with Gasteiger partial charge in [-0.1, -0.05) is 12.2 Å². The molecule has 1 aromatic carbocycles. The first-order valence-corrected chi connectivity index (χ1v) is 5.51. The van der Waals surface area contributed by atoms with Crippen LogP contribution < -0.4 is 0 Å². The largest absolute Gasteiger partial charge is 0.479 e. The highest BCUT2D eigenvalue weighted by atomic mass is 16.6. The van der Waals surface area contributed by atoms with Gasteiger partial charge in [-0.25, -0.2) is 4.79 Å². The molecule has 0 saturated carbocycles. The Morgan fingerprint density at radius 3 is 2.47 bits per heavy atom. The van der Waals surface area contributed by atoms with Gasteiger partial charge >= 0.3 is 5.97 Å². The Morgan fingerprint density at radius 2 is 1.95 bits per heavy atom. The zero-order valence-electron chi connectivity index (χ0n) is 9.81. The first-order chi connectivity index (χ1) is 8.92. The summed E-state index contributed by atoms with van der Waals surface area (Å²) in [5.74, 6) is -1.32. The molecule has 1 aliphatic carbocycles. The van der Waals surface area contributed by atoms with Gasteiger partial charge in [-0.05, 0) is 29.3 Å². The van der Waals surface area contributed by atoms with Crippen molar-refractivity contribution < 1.29 is 19.9 Å². The number of benzene rings is 1. The maximum absolute atomic E-state index is 11.0. The van der Waals surface area contributed by atoms with Crippen molar-refractivity contribution in [2.45, 2.75) is 12.0 Å². The third-order valence-electron chi connectivity index (χ3n) is 2.95. The molecule has 0 amide bonds. The number of aliphatic carboxylic acids is 1. The number of carbonyl (C=O) groups is 1. The normalized spacial score (nSPS) is 21.8. The van der Waals surface area contributed by atoms with E-state index in [1.807, 2.05) is 0 Å². The lowest BCUT2D eigenvalue weighted by Gasteiger charge is -2.23. The number of hydrogen-bond donors (Lipinski definition) is 2. The van der Waals surface area contributed by atoms with Crippen LogP contribution in [0, 0.1) is 10.1 Å². The van der Waals surface area contributed by atoms with E-state index in [0.29, 0.717) is 11.1 Å². The second-order valence-corrected chi connectivity index (χ2v) is 4.26. The third kappa shape index (κ3) is 2.53. The maximum Gasteiger partial charge on any atom is 0.340 e. The van der Waals surface area contributed by atoms with Crippen molar-refractivity contribution in [3.05, 3.63) is 58.2 Å². The zero-order chi connectivity index (χ0) is 14.0. The summed E-state index contributed by atoms with van der Waals surface area (Å²) in [5.41, 5.74) is -0.701. The van der Waals surface area contributed by atoms with Crippen molar-refractivity contribution in [1.82, 2.24) is 0 Å². The highest BCUT2D eigenvalue weighted by Crippen LogP contribution is 2.31. The van der Waals surface area contributed by atoms with Crippen LogP contribution in [-0.2, 0) is 4.79 Å². The topological polar surface area (TPSA) is 101 Å². The highest BCUT2D eigenvalue weighted by Gasteiger charge is 2.35. The number of rotatable bonds is 3. The van der Waals surface area contributed by atoms with E-state index < -0.39 is 16.5 Å². The van der Waals surface area contributed by atoms with E-state index in [-0.39, 0.29) is 12.1 Å². The molecule has 98 valence electrons. The molecule has 6 heteroatoms. The molecule has 0 heterocycles. The zero-order valence-corrected chi connectivity index (χ0v) is 9.81. The number of nitro groups is 1. The molecule has 2 N–H and O–H groups in total. The molecular formula is C13H11NO5. The molecule has 0 saturated heterocycles. The minimum atomic E-state index is -1.92. The van der Waals surface area contributed by atoms with E-state index in [9.17, 15) is 20.0 Å². The minimum absolute atomic E-state index is 0.0378. The number of carboxylic acids is 1.